The summed E-state index contributed by atoms with van der Waals surface area (Å²) in [5.74, 6) is 0.115. The second-order valence-corrected chi connectivity index (χ2v) is 5.70. The van der Waals surface area contributed by atoms with Gasteiger partial charge < -0.3 is 0 Å². The Hall–Kier alpha value is -3.11. The van der Waals surface area contributed by atoms with E-state index in [0.29, 0.717) is 0 Å². The maximum absolute atomic E-state index is 9.80. The lowest BCUT2D eigenvalue weighted by atomic mass is 9.85. The molecule has 0 saturated heterocycles. The molecule has 0 heterocycles. The minimum atomic E-state index is 0.115. The van der Waals surface area contributed by atoms with Gasteiger partial charge in [-0.05, 0) is 27.8 Å². The lowest BCUT2D eigenvalue weighted by Gasteiger charge is -2.17. The summed E-state index contributed by atoms with van der Waals surface area (Å²) >= 11 is 0. The molecule has 0 bridgehead atoms. The minimum Gasteiger partial charge on any atom is -0.192 e. The summed E-state index contributed by atoms with van der Waals surface area (Å²) in [6, 6.07) is 31.4. The maximum atomic E-state index is 9.80. The van der Waals surface area contributed by atoms with Gasteiger partial charge in [0.05, 0.1) is 5.57 Å². The lowest BCUT2D eigenvalue weighted by Crippen LogP contribution is -2.00. The van der Waals surface area contributed by atoms with Crippen molar-refractivity contribution in [1.82, 2.24) is 0 Å². The molecule has 0 radical (unpaired) electrons. The molecule has 1 unspecified atom stereocenters. The highest BCUT2D eigenvalue weighted by Gasteiger charge is 2.32. The highest BCUT2D eigenvalue weighted by atomic mass is 14.4. The van der Waals surface area contributed by atoms with Gasteiger partial charge in [0.25, 0.3) is 0 Å². The Labute approximate surface area is 136 Å². The highest BCUT2D eigenvalue weighted by molar-refractivity contribution is 6.05. The summed E-state index contributed by atoms with van der Waals surface area (Å²) in [5.41, 5.74) is 6.52. The van der Waals surface area contributed by atoms with E-state index in [4.69, 9.17) is 0 Å². The molecular weight excluding hydrogens is 278 g/mol. The second kappa shape index (κ2) is 5.59. The van der Waals surface area contributed by atoms with Crippen LogP contribution in [-0.4, -0.2) is 0 Å². The number of nitriles is 1. The Balaban J connectivity index is 2.02. The number of rotatable bonds is 2. The van der Waals surface area contributed by atoms with Crippen LogP contribution in [0.1, 0.15) is 28.2 Å². The number of nitrogens with zero attached hydrogens (tertiary/aromatic N) is 1. The quantitative estimate of drug-likeness (QED) is 0.631. The minimum absolute atomic E-state index is 0.115. The molecule has 4 rings (SSSR count). The third-order valence-corrected chi connectivity index (χ3v) is 4.43. The fourth-order valence-electron chi connectivity index (χ4n) is 3.46. The van der Waals surface area contributed by atoms with Crippen molar-refractivity contribution < 1.29 is 0 Å². The summed E-state index contributed by atoms with van der Waals surface area (Å²) in [6.45, 7) is 0. The van der Waals surface area contributed by atoms with Crippen molar-refractivity contribution in [3.05, 3.63) is 107 Å². The van der Waals surface area contributed by atoms with Gasteiger partial charge in [-0.15, -0.1) is 0 Å². The predicted octanol–water partition coefficient (Wildman–Crippen LogP) is 5.27. The molecule has 3 aromatic carbocycles. The molecule has 1 aliphatic carbocycles. The van der Waals surface area contributed by atoms with Crippen LogP contribution in [0, 0.1) is 11.3 Å². The van der Waals surface area contributed by atoms with Gasteiger partial charge in [-0.3, -0.25) is 0 Å². The first-order valence-corrected chi connectivity index (χ1v) is 7.74. The van der Waals surface area contributed by atoms with Crippen molar-refractivity contribution in [2.45, 2.75) is 5.92 Å². The van der Waals surface area contributed by atoms with Crippen LogP contribution in [0.2, 0.25) is 0 Å². The molecule has 0 saturated carbocycles. The molecule has 1 atom stereocenters. The van der Waals surface area contributed by atoms with Crippen LogP contribution in [0.4, 0.5) is 0 Å². The SMILES string of the molecule is N#CC1=C(c2ccccc2)C(c2ccccc2)c2ccccc21. The average molecular weight is 293 g/mol. The van der Waals surface area contributed by atoms with E-state index in [2.05, 4.69) is 60.7 Å². The first-order valence-electron chi connectivity index (χ1n) is 7.74. The fraction of sp³-hybridized carbons (Fsp3) is 0.0455. The van der Waals surface area contributed by atoms with Gasteiger partial charge in [0.2, 0.25) is 0 Å². The molecule has 0 aromatic heterocycles. The number of fused-ring (bicyclic) bond motifs is 1. The summed E-state index contributed by atoms with van der Waals surface area (Å²) in [5, 5.41) is 9.80. The largest absolute Gasteiger partial charge is 0.192 e. The molecule has 0 N–H and O–H groups in total. The first-order chi connectivity index (χ1) is 11.4. The van der Waals surface area contributed by atoms with E-state index in [0.717, 1.165) is 22.3 Å². The Bertz CT molecular complexity index is 915. The summed E-state index contributed by atoms with van der Waals surface area (Å²) in [7, 11) is 0. The van der Waals surface area contributed by atoms with E-state index >= 15 is 0 Å². The lowest BCUT2D eigenvalue weighted by molar-refractivity contribution is 1.07. The van der Waals surface area contributed by atoms with Crippen LogP contribution >= 0.6 is 0 Å². The summed E-state index contributed by atoms with van der Waals surface area (Å²) in [6.07, 6.45) is 0. The molecule has 0 spiro atoms. The van der Waals surface area contributed by atoms with Gasteiger partial charge in [-0.2, -0.15) is 5.26 Å². The zero-order chi connectivity index (χ0) is 15.6. The van der Waals surface area contributed by atoms with Crippen LogP contribution in [0.5, 0.6) is 0 Å². The Morgan fingerprint density at radius 1 is 0.696 bits per heavy atom. The average Bonchev–Trinajstić information content (AvgIpc) is 2.97. The van der Waals surface area contributed by atoms with E-state index < -0.39 is 0 Å². The monoisotopic (exact) mass is 293 g/mol. The molecule has 0 amide bonds. The van der Waals surface area contributed by atoms with Crippen molar-refractivity contribution >= 4 is 11.1 Å². The number of benzene rings is 3. The normalized spacial score (nSPS) is 16.0. The summed E-state index contributed by atoms with van der Waals surface area (Å²) < 4.78 is 0. The fourth-order valence-corrected chi connectivity index (χ4v) is 3.46. The summed E-state index contributed by atoms with van der Waals surface area (Å²) in [4.78, 5) is 0. The molecule has 23 heavy (non-hydrogen) atoms. The number of hydrogen-bond donors (Lipinski definition) is 0. The molecule has 1 nitrogen and oxygen atoms in total. The Morgan fingerprint density at radius 3 is 2.00 bits per heavy atom. The van der Waals surface area contributed by atoms with E-state index in [9.17, 15) is 5.26 Å². The molecular formula is C22H15N. The smallest absolute Gasteiger partial charge is 0.100 e. The molecule has 0 fully saturated rings. The van der Waals surface area contributed by atoms with Crippen molar-refractivity contribution in [2.24, 2.45) is 0 Å². The number of hydrogen-bond acceptors (Lipinski definition) is 1. The van der Waals surface area contributed by atoms with Crippen LogP contribution in [-0.2, 0) is 0 Å². The van der Waals surface area contributed by atoms with Gasteiger partial charge in [-0.1, -0.05) is 84.9 Å². The van der Waals surface area contributed by atoms with Crippen LogP contribution < -0.4 is 0 Å². The van der Waals surface area contributed by atoms with Gasteiger partial charge in [0, 0.05) is 5.92 Å². The predicted molar refractivity (Wildman–Crippen MR) is 93.6 cm³/mol. The van der Waals surface area contributed by atoms with Gasteiger partial charge in [0.15, 0.2) is 0 Å². The molecule has 108 valence electrons. The van der Waals surface area contributed by atoms with Crippen molar-refractivity contribution in [3.63, 3.8) is 0 Å². The van der Waals surface area contributed by atoms with Crippen molar-refractivity contribution in [3.8, 4) is 6.07 Å². The zero-order valence-electron chi connectivity index (χ0n) is 12.6. The first kappa shape index (κ1) is 13.5. The molecule has 1 aliphatic rings. The standard InChI is InChI=1S/C22H15N/c23-15-20-18-13-7-8-14-19(18)21(16-9-3-1-4-10-16)22(20)17-11-5-2-6-12-17/h1-14,21H. The third-order valence-electron chi connectivity index (χ3n) is 4.43. The zero-order valence-corrected chi connectivity index (χ0v) is 12.6. The molecule has 0 aliphatic heterocycles. The van der Waals surface area contributed by atoms with E-state index in [1.165, 1.54) is 11.1 Å². The van der Waals surface area contributed by atoms with E-state index in [1.807, 2.05) is 30.3 Å². The maximum Gasteiger partial charge on any atom is 0.100 e. The van der Waals surface area contributed by atoms with Crippen LogP contribution in [0.25, 0.3) is 11.1 Å². The highest BCUT2D eigenvalue weighted by Crippen LogP contribution is 2.49. The molecule has 1 heteroatoms. The Morgan fingerprint density at radius 2 is 1.30 bits per heavy atom. The third kappa shape index (κ3) is 2.17. The van der Waals surface area contributed by atoms with Crippen molar-refractivity contribution in [1.29, 1.82) is 5.26 Å². The second-order valence-electron chi connectivity index (χ2n) is 5.70. The molecule has 3 aromatic rings. The van der Waals surface area contributed by atoms with E-state index in [-0.39, 0.29) is 5.92 Å². The Kier molecular flexibility index (Phi) is 3.29. The van der Waals surface area contributed by atoms with Gasteiger partial charge >= 0.3 is 0 Å². The van der Waals surface area contributed by atoms with Crippen LogP contribution in [0.15, 0.2) is 84.9 Å². The van der Waals surface area contributed by atoms with Gasteiger partial charge in [0.1, 0.15) is 6.07 Å². The van der Waals surface area contributed by atoms with Gasteiger partial charge in [-0.25, -0.2) is 0 Å². The topological polar surface area (TPSA) is 23.8 Å². The van der Waals surface area contributed by atoms with E-state index in [1.54, 1.807) is 0 Å². The number of allylic oxidation sites excluding steroid dienone is 2. The van der Waals surface area contributed by atoms with Crippen molar-refractivity contribution in [2.75, 3.05) is 0 Å². The van der Waals surface area contributed by atoms with Crippen LogP contribution in [0.3, 0.4) is 0 Å².